The molecule has 4 rings (SSSR count). The summed E-state index contributed by atoms with van der Waals surface area (Å²) in [6.45, 7) is 1.84. The molecule has 2 heterocycles. The van der Waals surface area contributed by atoms with Gasteiger partial charge < -0.3 is 5.32 Å². The molecule has 1 N–H and O–H groups in total. The molecule has 0 aliphatic rings. The van der Waals surface area contributed by atoms with Crippen LogP contribution in [0.25, 0.3) is 21.8 Å². The van der Waals surface area contributed by atoms with Crippen molar-refractivity contribution in [1.82, 2.24) is 24.6 Å². The molecule has 2 aromatic heterocycles. The Labute approximate surface area is 155 Å². The number of nitrogens with zero attached hydrogens (tertiary/aromatic N) is 4. The van der Waals surface area contributed by atoms with Gasteiger partial charge in [0.25, 0.3) is 5.56 Å². The zero-order valence-electron chi connectivity index (χ0n) is 15.1. The molecule has 0 radical (unpaired) electrons. The molecule has 0 aliphatic carbocycles. The van der Waals surface area contributed by atoms with E-state index in [-0.39, 0.29) is 24.1 Å². The lowest BCUT2D eigenvalue weighted by molar-refractivity contribution is -0.122. The molecule has 0 aliphatic heterocycles. The predicted molar refractivity (Wildman–Crippen MR) is 103 cm³/mol. The second kappa shape index (κ2) is 6.68. The Morgan fingerprint density at radius 1 is 1.19 bits per heavy atom. The maximum atomic E-state index is 12.5. The minimum Gasteiger partial charge on any atom is -0.348 e. The number of benzene rings is 2. The number of rotatable bonds is 4. The van der Waals surface area contributed by atoms with Crippen LogP contribution < -0.4 is 10.9 Å². The molecular weight excluding hydrogens is 342 g/mol. The third-order valence-electron chi connectivity index (χ3n) is 4.68. The van der Waals surface area contributed by atoms with Crippen molar-refractivity contribution in [3.8, 4) is 0 Å². The van der Waals surface area contributed by atoms with Gasteiger partial charge in [0.15, 0.2) is 5.65 Å². The smallest absolute Gasteiger partial charge is 0.264 e. The fourth-order valence-electron chi connectivity index (χ4n) is 3.18. The van der Waals surface area contributed by atoms with Crippen molar-refractivity contribution in [1.29, 1.82) is 0 Å². The van der Waals surface area contributed by atoms with Crippen LogP contribution in [0, 0.1) is 0 Å². The second-order valence-corrected chi connectivity index (χ2v) is 6.58. The average molecular weight is 361 g/mol. The lowest BCUT2D eigenvalue weighted by Crippen LogP contribution is -2.33. The molecule has 1 atom stereocenters. The Morgan fingerprint density at radius 2 is 1.96 bits per heavy atom. The van der Waals surface area contributed by atoms with Crippen molar-refractivity contribution in [3.63, 3.8) is 0 Å². The van der Waals surface area contributed by atoms with Crippen molar-refractivity contribution in [2.45, 2.75) is 19.5 Å². The molecule has 136 valence electrons. The van der Waals surface area contributed by atoms with Crippen LogP contribution in [0.2, 0.25) is 0 Å². The Morgan fingerprint density at radius 3 is 2.78 bits per heavy atom. The van der Waals surface area contributed by atoms with Gasteiger partial charge in [0, 0.05) is 7.05 Å². The number of aryl methyl sites for hydroxylation is 1. The molecular formula is C20H19N5O2. The molecule has 2 aromatic carbocycles. The van der Waals surface area contributed by atoms with E-state index in [1.165, 1.54) is 21.8 Å². The van der Waals surface area contributed by atoms with Gasteiger partial charge in [0.2, 0.25) is 5.91 Å². The van der Waals surface area contributed by atoms with E-state index in [1.807, 2.05) is 37.3 Å². The van der Waals surface area contributed by atoms with E-state index in [0.29, 0.717) is 11.0 Å². The summed E-state index contributed by atoms with van der Waals surface area (Å²) in [6, 6.07) is 14.0. The van der Waals surface area contributed by atoms with E-state index in [2.05, 4.69) is 27.5 Å². The van der Waals surface area contributed by atoms with Crippen LogP contribution in [0.1, 0.15) is 18.5 Å². The number of aromatic nitrogens is 4. The fourth-order valence-corrected chi connectivity index (χ4v) is 3.18. The first-order chi connectivity index (χ1) is 13.0. The first kappa shape index (κ1) is 17.0. The number of hydrogen-bond acceptors (Lipinski definition) is 4. The van der Waals surface area contributed by atoms with Gasteiger partial charge in [0.05, 0.1) is 12.2 Å². The highest BCUT2D eigenvalue weighted by atomic mass is 16.2. The molecule has 1 amide bonds. The van der Waals surface area contributed by atoms with E-state index in [0.717, 1.165) is 16.3 Å². The van der Waals surface area contributed by atoms with Gasteiger partial charge in [-0.1, -0.05) is 36.4 Å². The van der Waals surface area contributed by atoms with Crippen LogP contribution >= 0.6 is 0 Å². The summed E-state index contributed by atoms with van der Waals surface area (Å²) in [5.74, 6) is -0.247. The van der Waals surface area contributed by atoms with Crippen LogP contribution in [-0.4, -0.2) is 25.2 Å². The lowest BCUT2D eigenvalue weighted by atomic mass is 10.0. The molecule has 0 spiro atoms. The standard InChI is InChI=1S/C20H19N5O2/c1-13(15-8-7-14-5-3-4-6-16(14)9-15)23-18(26)11-25-12-21-19-17(20(25)27)10-22-24(19)2/h3-10,12-13H,11H2,1-2H3,(H,23,26)/t13-/m1/s1. The highest BCUT2D eigenvalue weighted by molar-refractivity contribution is 5.83. The molecule has 7 heteroatoms. The van der Waals surface area contributed by atoms with Gasteiger partial charge in [0.1, 0.15) is 18.3 Å². The van der Waals surface area contributed by atoms with Gasteiger partial charge in [-0.2, -0.15) is 5.10 Å². The topological polar surface area (TPSA) is 81.8 Å². The van der Waals surface area contributed by atoms with Crippen molar-refractivity contribution in [3.05, 3.63) is 70.9 Å². The zero-order chi connectivity index (χ0) is 19.0. The van der Waals surface area contributed by atoms with Crippen LogP contribution in [0.4, 0.5) is 0 Å². The Bertz CT molecular complexity index is 1210. The number of fused-ring (bicyclic) bond motifs is 2. The summed E-state index contributed by atoms with van der Waals surface area (Å²) in [5.41, 5.74) is 1.23. The summed E-state index contributed by atoms with van der Waals surface area (Å²) >= 11 is 0. The minimum absolute atomic E-state index is 0.0887. The third-order valence-corrected chi connectivity index (χ3v) is 4.68. The number of amides is 1. The zero-order valence-corrected chi connectivity index (χ0v) is 15.1. The Kier molecular flexibility index (Phi) is 4.19. The molecule has 0 bridgehead atoms. The van der Waals surface area contributed by atoms with Crippen LogP contribution in [0.5, 0.6) is 0 Å². The second-order valence-electron chi connectivity index (χ2n) is 6.58. The maximum Gasteiger partial charge on any atom is 0.264 e. The van der Waals surface area contributed by atoms with Crippen LogP contribution in [0.3, 0.4) is 0 Å². The number of nitrogens with one attached hydrogen (secondary N) is 1. The summed E-state index contributed by atoms with van der Waals surface area (Å²) in [7, 11) is 1.72. The normalized spacial score (nSPS) is 12.4. The fraction of sp³-hybridized carbons (Fsp3) is 0.200. The summed E-state index contributed by atoms with van der Waals surface area (Å²) in [4.78, 5) is 29.1. The molecule has 4 aromatic rings. The van der Waals surface area contributed by atoms with Gasteiger partial charge in [-0.3, -0.25) is 18.8 Å². The summed E-state index contributed by atoms with van der Waals surface area (Å²) in [6.07, 6.45) is 2.85. The van der Waals surface area contributed by atoms with Gasteiger partial charge in [-0.25, -0.2) is 4.98 Å². The number of carbonyl (C=O) groups is 1. The van der Waals surface area contributed by atoms with Crippen LogP contribution in [0.15, 0.2) is 59.8 Å². The monoisotopic (exact) mass is 361 g/mol. The predicted octanol–water partition coefficient (Wildman–Crippen LogP) is 2.16. The van der Waals surface area contributed by atoms with E-state index in [4.69, 9.17) is 0 Å². The Balaban J connectivity index is 1.51. The first-order valence-corrected chi connectivity index (χ1v) is 8.68. The summed E-state index contributed by atoms with van der Waals surface area (Å²) in [5, 5.41) is 9.65. The van der Waals surface area contributed by atoms with Crippen LogP contribution in [-0.2, 0) is 18.4 Å². The number of hydrogen-bond donors (Lipinski definition) is 1. The van der Waals surface area contributed by atoms with E-state index < -0.39 is 0 Å². The minimum atomic E-state index is -0.276. The molecule has 27 heavy (non-hydrogen) atoms. The van der Waals surface area contributed by atoms with Gasteiger partial charge >= 0.3 is 0 Å². The SMILES string of the molecule is C[C@@H](NC(=O)Cn1cnc2c(cnn2C)c1=O)c1ccc2ccccc2c1. The van der Waals surface area contributed by atoms with Crippen molar-refractivity contribution in [2.24, 2.45) is 7.05 Å². The van der Waals surface area contributed by atoms with E-state index in [9.17, 15) is 9.59 Å². The quantitative estimate of drug-likeness (QED) is 0.604. The third kappa shape index (κ3) is 3.19. The molecule has 0 fully saturated rings. The van der Waals surface area contributed by atoms with E-state index >= 15 is 0 Å². The number of carbonyl (C=O) groups excluding carboxylic acids is 1. The van der Waals surface area contributed by atoms with Gasteiger partial charge in [-0.05, 0) is 29.3 Å². The van der Waals surface area contributed by atoms with E-state index in [1.54, 1.807) is 7.05 Å². The first-order valence-electron chi connectivity index (χ1n) is 8.68. The average Bonchev–Trinajstić information content (AvgIpc) is 3.05. The van der Waals surface area contributed by atoms with Crippen molar-refractivity contribution >= 4 is 27.7 Å². The van der Waals surface area contributed by atoms with Crippen molar-refractivity contribution in [2.75, 3.05) is 0 Å². The highest BCUT2D eigenvalue weighted by Gasteiger charge is 2.13. The Hall–Kier alpha value is -3.48. The molecule has 0 unspecified atom stereocenters. The lowest BCUT2D eigenvalue weighted by Gasteiger charge is -2.15. The van der Waals surface area contributed by atoms with Crippen molar-refractivity contribution < 1.29 is 4.79 Å². The molecule has 7 nitrogen and oxygen atoms in total. The highest BCUT2D eigenvalue weighted by Crippen LogP contribution is 2.20. The maximum absolute atomic E-state index is 12.5. The summed E-state index contributed by atoms with van der Waals surface area (Å²) < 4.78 is 2.83. The molecule has 0 saturated carbocycles. The largest absolute Gasteiger partial charge is 0.348 e. The molecule has 0 saturated heterocycles. The van der Waals surface area contributed by atoms with Gasteiger partial charge in [-0.15, -0.1) is 0 Å².